The van der Waals surface area contributed by atoms with Gasteiger partial charge in [-0.1, -0.05) is 30.3 Å². The summed E-state index contributed by atoms with van der Waals surface area (Å²) in [6.45, 7) is 1.86. The number of amides is 3. The van der Waals surface area contributed by atoms with Gasteiger partial charge in [0.15, 0.2) is 5.96 Å². The van der Waals surface area contributed by atoms with Crippen LogP contribution in [0.5, 0.6) is 0 Å². The zero-order chi connectivity index (χ0) is 24.5. The van der Waals surface area contributed by atoms with Crippen molar-refractivity contribution in [2.45, 2.75) is 81.8 Å². The Morgan fingerprint density at radius 2 is 1.94 bits per heavy atom. The second-order valence-electron chi connectivity index (χ2n) is 9.67. The van der Waals surface area contributed by atoms with Crippen LogP contribution in [0.25, 0.3) is 0 Å². The molecule has 10 nitrogen and oxygen atoms in total. The molecular formula is C24H34N6O4. The van der Waals surface area contributed by atoms with Crippen molar-refractivity contribution in [1.29, 1.82) is 5.41 Å². The third-order valence-electron chi connectivity index (χ3n) is 7.35. The van der Waals surface area contributed by atoms with Crippen molar-refractivity contribution in [3.05, 3.63) is 35.9 Å². The number of carbonyl (C=O) groups excluding carboxylic acids is 3. The van der Waals surface area contributed by atoms with Gasteiger partial charge in [-0.15, -0.1) is 0 Å². The number of nitrogens with zero attached hydrogens (tertiary/aromatic N) is 2. The van der Waals surface area contributed by atoms with Gasteiger partial charge >= 0.3 is 0 Å². The maximum Gasteiger partial charge on any atom is 0.249 e. The Bertz CT molecular complexity index is 956. The Hall–Kier alpha value is -3.14. The van der Waals surface area contributed by atoms with Crippen molar-refractivity contribution in [3.8, 4) is 0 Å². The van der Waals surface area contributed by atoms with Crippen LogP contribution in [0.3, 0.4) is 0 Å². The molecular weight excluding hydrogens is 436 g/mol. The molecule has 0 bridgehead atoms. The number of carbonyl (C=O) groups is 3. The largest absolute Gasteiger partial charge is 0.371 e. The number of aliphatic hydroxyl groups is 1. The van der Waals surface area contributed by atoms with Crippen LogP contribution in [-0.2, 0) is 20.8 Å². The molecule has 1 aromatic rings. The van der Waals surface area contributed by atoms with E-state index < -0.39 is 23.9 Å². The minimum absolute atomic E-state index is 0.0501. The molecule has 0 aliphatic carbocycles. The molecule has 0 aromatic heterocycles. The smallest absolute Gasteiger partial charge is 0.249 e. The van der Waals surface area contributed by atoms with E-state index in [1.165, 1.54) is 11.8 Å². The first-order chi connectivity index (χ1) is 16.2. The number of guanidine groups is 1. The maximum atomic E-state index is 13.9. The molecule has 0 saturated carbocycles. The van der Waals surface area contributed by atoms with Gasteiger partial charge in [0.1, 0.15) is 17.8 Å². The predicted molar refractivity (Wildman–Crippen MR) is 125 cm³/mol. The lowest BCUT2D eigenvalue weighted by atomic mass is 9.80. The topological polar surface area (TPSA) is 152 Å². The molecule has 0 spiro atoms. The summed E-state index contributed by atoms with van der Waals surface area (Å²) >= 11 is 0. The fraction of sp³-hybridized carbons (Fsp3) is 0.583. The second kappa shape index (κ2) is 9.61. The molecule has 3 saturated heterocycles. The lowest BCUT2D eigenvalue weighted by Crippen LogP contribution is -2.67. The first-order valence-electron chi connectivity index (χ1n) is 12.0. The SMILES string of the molecule is CC(=O)N[C@@]1(Cc2ccccc2)CC[C@H]2CC[C@@H](C(=O)N[C@H]3CCCN(C(=N)N)C3O)N2C1=O. The predicted octanol–water partition coefficient (Wildman–Crippen LogP) is 0.0499. The monoisotopic (exact) mass is 470 g/mol. The fourth-order valence-corrected chi connectivity index (χ4v) is 5.77. The van der Waals surface area contributed by atoms with Crippen LogP contribution in [0.2, 0.25) is 0 Å². The number of fused-ring (bicyclic) bond motifs is 1. The Morgan fingerprint density at radius 1 is 1.21 bits per heavy atom. The molecule has 3 aliphatic heterocycles. The van der Waals surface area contributed by atoms with Crippen molar-refractivity contribution >= 4 is 23.7 Å². The number of piperidine rings is 2. The van der Waals surface area contributed by atoms with E-state index in [1.807, 2.05) is 30.3 Å². The van der Waals surface area contributed by atoms with Gasteiger partial charge in [-0.25, -0.2) is 0 Å². The van der Waals surface area contributed by atoms with E-state index in [4.69, 9.17) is 11.1 Å². The number of hydrogen-bond donors (Lipinski definition) is 5. The standard InChI is InChI=1S/C24H34N6O4/c1-15(31)28-24(14-16-6-3-2-4-7-16)12-11-17-9-10-19(30(17)22(24)34)20(32)27-18-8-5-13-29(21(18)33)23(25)26/h2-4,6-7,17-19,21,33H,5,8-14H2,1H3,(H3,25,26)(H,27,32)(H,28,31)/t17-,18+,19+,21?,24-/m1/s1. The maximum absolute atomic E-state index is 13.9. The Balaban J connectivity index is 1.54. The van der Waals surface area contributed by atoms with Crippen LogP contribution in [0.4, 0.5) is 0 Å². The first kappa shape index (κ1) is 24.0. The molecule has 1 aromatic carbocycles. The third kappa shape index (κ3) is 4.59. The molecule has 6 N–H and O–H groups in total. The Kier molecular flexibility index (Phi) is 6.79. The van der Waals surface area contributed by atoms with Gasteiger partial charge in [0, 0.05) is 25.9 Å². The molecule has 3 heterocycles. The summed E-state index contributed by atoms with van der Waals surface area (Å²) in [6, 6.07) is 8.28. The average Bonchev–Trinajstić information content (AvgIpc) is 3.23. The van der Waals surface area contributed by atoms with Crippen LogP contribution >= 0.6 is 0 Å². The minimum Gasteiger partial charge on any atom is -0.371 e. The molecule has 5 atom stereocenters. The van der Waals surface area contributed by atoms with Gasteiger partial charge in [-0.2, -0.15) is 0 Å². The highest BCUT2D eigenvalue weighted by Crippen LogP contribution is 2.38. The van der Waals surface area contributed by atoms with Crippen LogP contribution in [0.15, 0.2) is 30.3 Å². The third-order valence-corrected chi connectivity index (χ3v) is 7.35. The van der Waals surface area contributed by atoms with Crippen molar-refractivity contribution in [1.82, 2.24) is 20.4 Å². The van der Waals surface area contributed by atoms with E-state index in [2.05, 4.69) is 10.6 Å². The van der Waals surface area contributed by atoms with E-state index in [0.717, 1.165) is 12.0 Å². The van der Waals surface area contributed by atoms with E-state index in [0.29, 0.717) is 45.1 Å². The van der Waals surface area contributed by atoms with Crippen LogP contribution < -0.4 is 16.4 Å². The summed E-state index contributed by atoms with van der Waals surface area (Å²) < 4.78 is 0. The number of aliphatic hydroxyl groups excluding tert-OH is 1. The van der Waals surface area contributed by atoms with Gasteiger partial charge in [0.05, 0.1) is 6.04 Å². The fourth-order valence-electron chi connectivity index (χ4n) is 5.77. The summed E-state index contributed by atoms with van der Waals surface area (Å²) in [6.07, 6.45) is 2.99. The summed E-state index contributed by atoms with van der Waals surface area (Å²) in [5.41, 5.74) is 5.41. The molecule has 0 radical (unpaired) electrons. The molecule has 3 amide bonds. The molecule has 1 unspecified atom stereocenters. The van der Waals surface area contributed by atoms with Crippen molar-refractivity contribution in [2.75, 3.05) is 6.54 Å². The van der Waals surface area contributed by atoms with Gasteiger partial charge in [0.25, 0.3) is 0 Å². The molecule has 184 valence electrons. The number of likely N-dealkylation sites (tertiary alicyclic amines) is 1. The summed E-state index contributed by atoms with van der Waals surface area (Å²) in [5, 5.41) is 24.1. The van der Waals surface area contributed by atoms with Gasteiger partial charge in [-0.3, -0.25) is 19.8 Å². The molecule has 3 fully saturated rings. The molecule has 10 heteroatoms. The zero-order valence-corrected chi connectivity index (χ0v) is 19.5. The molecule has 4 rings (SSSR count). The summed E-state index contributed by atoms with van der Waals surface area (Å²) in [5.74, 6) is -1.06. The normalized spacial score (nSPS) is 31.1. The number of hydrogen-bond acceptors (Lipinski definition) is 5. The van der Waals surface area contributed by atoms with Crippen molar-refractivity contribution in [3.63, 3.8) is 0 Å². The van der Waals surface area contributed by atoms with Crippen LogP contribution in [0.1, 0.15) is 51.0 Å². The Morgan fingerprint density at radius 3 is 2.62 bits per heavy atom. The van der Waals surface area contributed by atoms with Crippen LogP contribution in [0, 0.1) is 5.41 Å². The summed E-state index contributed by atoms with van der Waals surface area (Å²) in [7, 11) is 0. The Labute approximate surface area is 199 Å². The summed E-state index contributed by atoms with van der Waals surface area (Å²) in [4.78, 5) is 42.4. The zero-order valence-electron chi connectivity index (χ0n) is 19.5. The van der Waals surface area contributed by atoms with Gasteiger partial charge < -0.3 is 31.3 Å². The van der Waals surface area contributed by atoms with Gasteiger partial charge in [0.2, 0.25) is 17.7 Å². The second-order valence-corrected chi connectivity index (χ2v) is 9.67. The molecule has 3 aliphatic rings. The number of rotatable bonds is 5. The van der Waals surface area contributed by atoms with Crippen molar-refractivity contribution in [2.24, 2.45) is 5.73 Å². The highest BCUT2D eigenvalue weighted by molar-refractivity contribution is 5.96. The number of nitrogens with two attached hydrogens (primary N) is 1. The highest BCUT2D eigenvalue weighted by atomic mass is 16.3. The quantitative estimate of drug-likeness (QED) is 0.303. The highest BCUT2D eigenvalue weighted by Gasteiger charge is 2.53. The van der Waals surface area contributed by atoms with E-state index >= 15 is 0 Å². The lowest BCUT2D eigenvalue weighted by molar-refractivity contribution is -0.152. The van der Waals surface area contributed by atoms with Crippen LogP contribution in [-0.4, -0.2) is 75.0 Å². The van der Waals surface area contributed by atoms with Gasteiger partial charge in [-0.05, 0) is 44.1 Å². The van der Waals surface area contributed by atoms with E-state index in [1.54, 1.807) is 4.90 Å². The number of benzene rings is 1. The van der Waals surface area contributed by atoms with E-state index in [9.17, 15) is 19.5 Å². The van der Waals surface area contributed by atoms with E-state index in [-0.39, 0.29) is 29.7 Å². The first-order valence-corrected chi connectivity index (χ1v) is 12.0. The number of nitrogens with one attached hydrogen (secondary N) is 3. The molecule has 34 heavy (non-hydrogen) atoms. The lowest BCUT2D eigenvalue weighted by Gasteiger charge is -2.46. The minimum atomic E-state index is -1.09. The van der Waals surface area contributed by atoms with Crippen molar-refractivity contribution < 1.29 is 19.5 Å². The average molecular weight is 471 g/mol.